The number of carbonyl (C=O) groups is 1. The van der Waals surface area contributed by atoms with Gasteiger partial charge in [0.25, 0.3) is 0 Å². The number of nitrogens with zero attached hydrogens (tertiary/aromatic N) is 6. The fourth-order valence-corrected chi connectivity index (χ4v) is 3.77. The quantitative estimate of drug-likeness (QED) is 0.267. The van der Waals surface area contributed by atoms with Crippen LogP contribution < -0.4 is 20.3 Å². The highest BCUT2D eigenvalue weighted by molar-refractivity contribution is 6.00. The Morgan fingerprint density at radius 3 is 2.38 bits per heavy atom. The number of ether oxygens (including phenoxy) is 1. The zero-order valence-electron chi connectivity index (χ0n) is 21.6. The van der Waals surface area contributed by atoms with Crippen LogP contribution in [0.5, 0.6) is 11.8 Å². The summed E-state index contributed by atoms with van der Waals surface area (Å²) in [5, 5.41) is 9.26. The molecule has 0 saturated heterocycles. The summed E-state index contributed by atoms with van der Waals surface area (Å²) in [6.45, 7) is 1.59. The van der Waals surface area contributed by atoms with Gasteiger partial charge in [0.1, 0.15) is 11.6 Å². The molecule has 0 radical (unpaired) electrons. The van der Waals surface area contributed by atoms with E-state index in [9.17, 15) is 18.0 Å². The van der Waals surface area contributed by atoms with E-state index in [1.165, 1.54) is 18.5 Å². The predicted octanol–water partition coefficient (Wildman–Crippen LogP) is 6.02. The van der Waals surface area contributed by atoms with Crippen LogP contribution in [-0.4, -0.2) is 44.7 Å². The highest BCUT2D eigenvalue weighted by Crippen LogP contribution is 2.32. The third-order valence-corrected chi connectivity index (χ3v) is 5.89. The lowest BCUT2D eigenvalue weighted by molar-refractivity contribution is -0.137. The van der Waals surface area contributed by atoms with Gasteiger partial charge in [0.15, 0.2) is 5.65 Å². The van der Waals surface area contributed by atoms with Crippen molar-refractivity contribution in [1.29, 1.82) is 0 Å². The Kier molecular flexibility index (Phi) is 6.94. The number of anilines is 3. The van der Waals surface area contributed by atoms with Gasteiger partial charge in [0.05, 0.1) is 29.8 Å². The molecule has 0 fully saturated rings. The van der Waals surface area contributed by atoms with E-state index in [0.717, 1.165) is 34.7 Å². The van der Waals surface area contributed by atoms with E-state index in [-0.39, 0.29) is 17.4 Å². The van der Waals surface area contributed by atoms with E-state index < -0.39 is 17.8 Å². The highest BCUT2D eigenvalue weighted by Gasteiger charge is 2.31. The molecule has 0 aliphatic rings. The number of aryl methyl sites for hydroxylation is 1. The third kappa shape index (κ3) is 5.77. The number of halogens is 3. The number of nitrogens with one attached hydrogen (secondary N) is 2. The summed E-state index contributed by atoms with van der Waals surface area (Å²) in [6, 6.07) is 11.6. The number of amides is 2. The van der Waals surface area contributed by atoms with Crippen LogP contribution in [0.4, 0.5) is 35.2 Å². The van der Waals surface area contributed by atoms with Crippen LogP contribution in [0.1, 0.15) is 11.1 Å². The van der Waals surface area contributed by atoms with Gasteiger partial charge in [-0.3, -0.25) is 0 Å². The molecule has 5 rings (SSSR count). The van der Waals surface area contributed by atoms with Crippen molar-refractivity contribution >= 4 is 28.9 Å². The molecule has 204 valence electrons. The Balaban J connectivity index is 1.22. The molecule has 2 amide bonds. The molecule has 0 saturated carbocycles. The molecule has 0 spiro atoms. The molecule has 2 aromatic carbocycles. The van der Waals surface area contributed by atoms with Gasteiger partial charge >= 0.3 is 18.2 Å². The van der Waals surface area contributed by atoms with Crippen LogP contribution >= 0.6 is 0 Å². The van der Waals surface area contributed by atoms with Crippen LogP contribution in [-0.2, 0) is 6.18 Å². The lowest BCUT2D eigenvalue weighted by atomic mass is 10.1. The van der Waals surface area contributed by atoms with Crippen LogP contribution in [0, 0.1) is 6.92 Å². The molecule has 5 aromatic rings. The number of rotatable bonds is 6. The summed E-state index contributed by atoms with van der Waals surface area (Å²) in [6.07, 6.45) is 1.72. The monoisotopic (exact) mass is 548 g/mol. The van der Waals surface area contributed by atoms with Crippen LogP contribution in [0.25, 0.3) is 16.8 Å². The number of aromatic nitrogens is 5. The number of alkyl halides is 3. The molecule has 0 bridgehead atoms. The molecule has 0 unspecified atom stereocenters. The molecule has 3 heterocycles. The van der Waals surface area contributed by atoms with Crippen molar-refractivity contribution in [2.45, 2.75) is 13.1 Å². The number of hydrogen-bond donors (Lipinski definition) is 2. The SMILES string of the molecule is Cc1ccc(C(F)(F)F)cc1NC(=O)Nc1cnc(Oc2ccc(-c3cnn4ccc(N(C)C)nc34)cc2)nc1. The molecule has 0 aliphatic carbocycles. The fraction of sp³-hybridized carbons (Fsp3) is 0.148. The maximum absolute atomic E-state index is 13.0. The molecule has 0 aliphatic heterocycles. The van der Waals surface area contributed by atoms with Crippen molar-refractivity contribution < 1.29 is 22.7 Å². The van der Waals surface area contributed by atoms with Gasteiger partial charge in [0.2, 0.25) is 0 Å². The summed E-state index contributed by atoms with van der Waals surface area (Å²) < 4.78 is 46.4. The van der Waals surface area contributed by atoms with E-state index in [0.29, 0.717) is 11.3 Å². The number of hydrogen-bond acceptors (Lipinski definition) is 7. The number of benzene rings is 2. The first-order valence-corrected chi connectivity index (χ1v) is 11.9. The van der Waals surface area contributed by atoms with E-state index in [4.69, 9.17) is 4.74 Å². The van der Waals surface area contributed by atoms with E-state index in [1.807, 2.05) is 43.4 Å². The van der Waals surface area contributed by atoms with Gasteiger partial charge in [0, 0.05) is 31.5 Å². The molecular weight excluding hydrogens is 525 g/mol. The highest BCUT2D eigenvalue weighted by atomic mass is 19.4. The molecule has 10 nitrogen and oxygen atoms in total. The Bertz CT molecular complexity index is 1670. The maximum atomic E-state index is 13.0. The van der Waals surface area contributed by atoms with Gasteiger partial charge in [-0.2, -0.15) is 18.3 Å². The smallest absolute Gasteiger partial charge is 0.416 e. The first-order valence-electron chi connectivity index (χ1n) is 11.9. The first kappa shape index (κ1) is 26.4. The fourth-order valence-electron chi connectivity index (χ4n) is 3.77. The summed E-state index contributed by atoms with van der Waals surface area (Å²) in [7, 11) is 3.84. The topological polar surface area (TPSA) is 110 Å². The summed E-state index contributed by atoms with van der Waals surface area (Å²) in [5.41, 5.74) is 2.36. The first-order chi connectivity index (χ1) is 19.1. The Labute approximate surface area is 226 Å². The zero-order valence-corrected chi connectivity index (χ0v) is 21.6. The van der Waals surface area contributed by atoms with Crippen molar-refractivity contribution in [3.05, 3.63) is 84.4 Å². The van der Waals surface area contributed by atoms with Crippen LogP contribution in [0.15, 0.2) is 73.3 Å². The maximum Gasteiger partial charge on any atom is 0.416 e. The number of urea groups is 1. The van der Waals surface area contributed by atoms with Crippen molar-refractivity contribution in [3.8, 4) is 22.9 Å². The predicted molar refractivity (Wildman–Crippen MR) is 144 cm³/mol. The summed E-state index contributed by atoms with van der Waals surface area (Å²) >= 11 is 0. The lowest BCUT2D eigenvalue weighted by Crippen LogP contribution is -2.20. The van der Waals surface area contributed by atoms with E-state index in [1.54, 1.807) is 29.8 Å². The second-order valence-corrected chi connectivity index (χ2v) is 8.99. The van der Waals surface area contributed by atoms with Crippen LogP contribution in [0.3, 0.4) is 0 Å². The second kappa shape index (κ2) is 10.5. The third-order valence-electron chi connectivity index (χ3n) is 5.89. The minimum atomic E-state index is -4.52. The molecule has 2 N–H and O–H groups in total. The zero-order chi connectivity index (χ0) is 28.4. The van der Waals surface area contributed by atoms with E-state index >= 15 is 0 Å². The minimum absolute atomic E-state index is 0.0367. The van der Waals surface area contributed by atoms with Crippen molar-refractivity contribution in [2.24, 2.45) is 0 Å². The van der Waals surface area contributed by atoms with E-state index in [2.05, 4.69) is 30.7 Å². The van der Waals surface area contributed by atoms with Crippen molar-refractivity contribution in [3.63, 3.8) is 0 Å². The summed E-state index contributed by atoms with van der Waals surface area (Å²) in [5.74, 6) is 1.30. The van der Waals surface area contributed by atoms with Crippen molar-refractivity contribution in [1.82, 2.24) is 24.6 Å². The largest absolute Gasteiger partial charge is 0.424 e. The lowest BCUT2D eigenvalue weighted by Gasteiger charge is -2.13. The number of carbonyl (C=O) groups excluding carboxylic acids is 1. The summed E-state index contributed by atoms with van der Waals surface area (Å²) in [4.78, 5) is 27.1. The standard InChI is InChI=1S/C27H23F3N8O2/c1-16-4-7-18(27(28,29)30)12-22(16)35-25(39)34-19-13-31-26(32-14-19)40-20-8-5-17(6-9-20)21-15-33-38-11-10-23(37(2)3)36-24(21)38/h4-15H,1-3H3,(H2,34,35,39). The van der Waals surface area contributed by atoms with Gasteiger partial charge in [-0.05, 0) is 48.4 Å². The Hall–Kier alpha value is -5.20. The molecule has 40 heavy (non-hydrogen) atoms. The van der Waals surface area contributed by atoms with Gasteiger partial charge in [-0.25, -0.2) is 24.3 Å². The Morgan fingerprint density at radius 2 is 1.70 bits per heavy atom. The average Bonchev–Trinajstić information content (AvgIpc) is 3.34. The molecule has 3 aromatic heterocycles. The normalized spacial score (nSPS) is 11.3. The second-order valence-electron chi connectivity index (χ2n) is 8.99. The average molecular weight is 549 g/mol. The Morgan fingerprint density at radius 1 is 0.975 bits per heavy atom. The van der Waals surface area contributed by atoms with Gasteiger partial charge in [-0.1, -0.05) is 18.2 Å². The molecular formula is C27H23F3N8O2. The molecule has 0 atom stereocenters. The van der Waals surface area contributed by atoms with Gasteiger partial charge in [-0.15, -0.1) is 0 Å². The molecule has 13 heteroatoms. The van der Waals surface area contributed by atoms with Gasteiger partial charge < -0.3 is 20.3 Å². The number of fused-ring (bicyclic) bond motifs is 1. The van der Waals surface area contributed by atoms with Crippen LogP contribution in [0.2, 0.25) is 0 Å². The van der Waals surface area contributed by atoms with Crippen molar-refractivity contribution in [2.75, 3.05) is 29.6 Å². The minimum Gasteiger partial charge on any atom is -0.424 e.